The molecular formula is C23H30N2O5. The number of carbonyl (C=O) groups excluding carboxylic acids is 2. The second-order valence-electron chi connectivity index (χ2n) is 8.01. The van der Waals surface area contributed by atoms with Crippen molar-refractivity contribution in [3.05, 3.63) is 53.9 Å². The number of amides is 1. The van der Waals surface area contributed by atoms with Crippen LogP contribution in [0.15, 0.2) is 42.6 Å². The molecule has 0 aliphatic rings. The topological polar surface area (TPSA) is 78.0 Å². The minimum atomic E-state index is -0.559. The average Bonchev–Trinajstić information content (AvgIpc) is 2.70. The first-order valence-corrected chi connectivity index (χ1v) is 9.81. The average molecular weight is 415 g/mol. The van der Waals surface area contributed by atoms with Gasteiger partial charge in [-0.2, -0.15) is 0 Å². The molecule has 0 aliphatic heterocycles. The zero-order valence-electron chi connectivity index (χ0n) is 18.5. The Morgan fingerprint density at radius 2 is 1.70 bits per heavy atom. The molecule has 0 N–H and O–H groups in total. The quantitative estimate of drug-likeness (QED) is 0.584. The van der Waals surface area contributed by atoms with Crippen LogP contribution in [0.1, 0.15) is 56.3 Å². The summed E-state index contributed by atoms with van der Waals surface area (Å²) in [5, 5.41) is 0. The normalized spacial score (nSPS) is 12.1. The lowest BCUT2D eigenvalue weighted by Gasteiger charge is -2.26. The Balaban J connectivity index is 2.15. The van der Waals surface area contributed by atoms with Crippen LogP contribution in [0.4, 0.5) is 4.79 Å². The molecule has 0 saturated heterocycles. The standard InChI is InChI=1S/C23H30N2O5/c1-16(26)20-12-7-17(15-24-20)21(29-19-10-8-18(28-6)9-11-19)13-14-25(5)22(27)30-23(2,3)4/h7-12,15,21H,13-14H2,1-6H3. The zero-order valence-corrected chi connectivity index (χ0v) is 18.5. The van der Waals surface area contributed by atoms with Crippen LogP contribution in [-0.4, -0.2) is 48.1 Å². The maximum atomic E-state index is 12.3. The Bertz CT molecular complexity index is 841. The zero-order chi connectivity index (χ0) is 22.3. The van der Waals surface area contributed by atoms with Gasteiger partial charge in [0.15, 0.2) is 5.78 Å². The molecule has 2 aromatic rings. The van der Waals surface area contributed by atoms with Gasteiger partial charge in [-0.25, -0.2) is 4.79 Å². The molecule has 0 fully saturated rings. The van der Waals surface area contributed by atoms with E-state index in [0.29, 0.717) is 24.4 Å². The molecule has 1 atom stereocenters. The monoisotopic (exact) mass is 414 g/mol. The number of hydrogen-bond acceptors (Lipinski definition) is 6. The smallest absolute Gasteiger partial charge is 0.410 e. The number of rotatable bonds is 8. The fraction of sp³-hybridized carbons (Fsp3) is 0.435. The summed E-state index contributed by atoms with van der Waals surface area (Å²) in [5.41, 5.74) is 0.651. The predicted molar refractivity (Wildman–Crippen MR) is 114 cm³/mol. The van der Waals surface area contributed by atoms with E-state index in [1.807, 2.05) is 51.1 Å². The first kappa shape index (κ1) is 23.2. The summed E-state index contributed by atoms with van der Waals surface area (Å²) in [6.45, 7) is 7.39. The summed E-state index contributed by atoms with van der Waals surface area (Å²) in [6.07, 6.45) is 1.40. The van der Waals surface area contributed by atoms with Crippen molar-refractivity contribution in [2.75, 3.05) is 20.7 Å². The number of hydrogen-bond donors (Lipinski definition) is 0. The van der Waals surface area contributed by atoms with E-state index in [2.05, 4.69) is 4.98 Å². The van der Waals surface area contributed by atoms with Crippen LogP contribution >= 0.6 is 0 Å². The molecule has 1 amide bonds. The molecule has 0 bridgehead atoms. The number of pyridine rings is 1. The van der Waals surface area contributed by atoms with Gasteiger partial charge in [0.2, 0.25) is 0 Å². The van der Waals surface area contributed by atoms with Gasteiger partial charge < -0.3 is 19.1 Å². The summed E-state index contributed by atoms with van der Waals surface area (Å²) >= 11 is 0. The minimum absolute atomic E-state index is 0.0983. The van der Waals surface area contributed by atoms with Crippen LogP contribution in [-0.2, 0) is 4.74 Å². The number of benzene rings is 1. The van der Waals surface area contributed by atoms with Crippen molar-refractivity contribution in [3.8, 4) is 11.5 Å². The number of ketones is 1. The maximum absolute atomic E-state index is 12.3. The van der Waals surface area contributed by atoms with Crippen LogP contribution in [0, 0.1) is 0 Å². The molecule has 1 aromatic heterocycles. The Kier molecular flexibility index (Phi) is 7.80. The summed E-state index contributed by atoms with van der Waals surface area (Å²) < 4.78 is 16.8. The molecule has 0 radical (unpaired) electrons. The lowest BCUT2D eigenvalue weighted by molar-refractivity contribution is 0.0278. The molecule has 7 heteroatoms. The molecule has 0 spiro atoms. The molecule has 1 unspecified atom stereocenters. The van der Waals surface area contributed by atoms with E-state index in [0.717, 1.165) is 11.3 Å². The predicted octanol–water partition coefficient (Wildman–Crippen LogP) is 4.67. The van der Waals surface area contributed by atoms with E-state index in [1.54, 1.807) is 26.4 Å². The molecule has 0 aliphatic carbocycles. The Hall–Kier alpha value is -3.09. The van der Waals surface area contributed by atoms with E-state index < -0.39 is 11.7 Å². The Morgan fingerprint density at radius 1 is 1.07 bits per heavy atom. The molecule has 2 rings (SSSR count). The first-order chi connectivity index (χ1) is 14.1. The van der Waals surface area contributed by atoms with Crippen molar-refractivity contribution < 1.29 is 23.8 Å². The van der Waals surface area contributed by atoms with Gasteiger partial charge in [0.1, 0.15) is 28.9 Å². The third-order valence-electron chi connectivity index (χ3n) is 4.29. The van der Waals surface area contributed by atoms with E-state index in [1.165, 1.54) is 11.8 Å². The van der Waals surface area contributed by atoms with Crippen molar-refractivity contribution >= 4 is 11.9 Å². The SMILES string of the molecule is COc1ccc(OC(CCN(C)C(=O)OC(C)(C)C)c2ccc(C(C)=O)nc2)cc1. The highest BCUT2D eigenvalue weighted by atomic mass is 16.6. The van der Waals surface area contributed by atoms with Gasteiger partial charge in [-0.15, -0.1) is 0 Å². The molecule has 1 heterocycles. The van der Waals surface area contributed by atoms with E-state index in [9.17, 15) is 9.59 Å². The van der Waals surface area contributed by atoms with Gasteiger partial charge in [0.05, 0.1) is 7.11 Å². The number of Topliss-reactive ketones (excluding diaryl/α,β-unsaturated/α-hetero) is 1. The van der Waals surface area contributed by atoms with Gasteiger partial charge in [-0.3, -0.25) is 9.78 Å². The van der Waals surface area contributed by atoms with Gasteiger partial charge in [-0.05, 0) is 51.1 Å². The second kappa shape index (κ2) is 10.1. The summed E-state index contributed by atoms with van der Waals surface area (Å²) in [5.74, 6) is 1.30. The molecule has 162 valence electrons. The highest BCUT2D eigenvalue weighted by Crippen LogP contribution is 2.27. The number of methoxy groups -OCH3 is 1. The summed E-state index contributed by atoms with van der Waals surface area (Å²) in [7, 11) is 3.29. The van der Waals surface area contributed by atoms with Crippen LogP contribution < -0.4 is 9.47 Å². The van der Waals surface area contributed by atoms with Crippen molar-refractivity contribution in [2.45, 2.75) is 45.8 Å². The van der Waals surface area contributed by atoms with Gasteiger partial charge in [0, 0.05) is 38.7 Å². The van der Waals surface area contributed by atoms with Gasteiger partial charge >= 0.3 is 6.09 Å². The molecule has 7 nitrogen and oxygen atoms in total. The maximum Gasteiger partial charge on any atom is 0.410 e. The van der Waals surface area contributed by atoms with E-state index >= 15 is 0 Å². The Morgan fingerprint density at radius 3 is 2.20 bits per heavy atom. The number of aromatic nitrogens is 1. The molecule has 30 heavy (non-hydrogen) atoms. The van der Waals surface area contributed by atoms with Gasteiger partial charge in [0.25, 0.3) is 0 Å². The fourth-order valence-corrected chi connectivity index (χ4v) is 2.66. The fourth-order valence-electron chi connectivity index (χ4n) is 2.66. The summed E-state index contributed by atoms with van der Waals surface area (Å²) in [6, 6.07) is 10.8. The lowest BCUT2D eigenvalue weighted by atomic mass is 10.1. The van der Waals surface area contributed by atoms with Gasteiger partial charge in [-0.1, -0.05) is 6.07 Å². The van der Waals surface area contributed by atoms with E-state index in [-0.39, 0.29) is 11.9 Å². The van der Waals surface area contributed by atoms with Crippen molar-refractivity contribution in [3.63, 3.8) is 0 Å². The van der Waals surface area contributed by atoms with Crippen LogP contribution in [0.2, 0.25) is 0 Å². The molecule has 0 saturated carbocycles. The minimum Gasteiger partial charge on any atom is -0.497 e. The first-order valence-electron chi connectivity index (χ1n) is 9.81. The number of nitrogens with zero attached hydrogens (tertiary/aromatic N) is 2. The second-order valence-corrected chi connectivity index (χ2v) is 8.01. The molecule has 1 aromatic carbocycles. The summed E-state index contributed by atoms with van der Waals surface area (Å²) in [4.78, 5) is 29.5. The highest BCUT2D eigenvalue weighted by Gasteiger charge is 2.22. The van der Waals surface area contributed by atoms with Crippen molar-refractivity contribution in [2.24, 2.45) is 0 Å². The van der Waals surface area contributed by atoms with Crippen LogP contribution in [0.3, 0.4) is 0 Å². The Labute approximate surface area is 178 Å². The number of ether oxygens (including phenoxy) is 3. The third-order valence-corrected chi connectivity index (χ3v) is 4.29. The van der Waals surface area contributed by atoms with E-state index in [4.69, 9.17) is 14.2 Å². The van der Waals surface area contributed by atoms with Crippen molar-refractivity contribution in [1.82, 2.24) is 9.88 Å². The van der Waals surface area contributed by atoms with Crippen LogP contribution in [0.5, 0.6) is 11.5 Å². The molecular weight excluding hydrogens is 384 g/mol. The lowest BCUT2D eigenvalue weighted by Crippen LogP contribution is -2.35. The third kappa shape index (κ3) is 7.06. The highest BCUT2D eigenvalue weighted by molar-refractivity contribution is 5.91. The largest absolute Gasteiger partial charge is 0.497 e. The van der Waals surface area contributed by atoms with Crippen molar-refractivity contribution in [1.29, 1.82) is 0 Å². The van der Waals surface area contributed by atoms with Crippen LogP contribution in [0.25, 0.3) is 0 Å². The number of carbonyl (C=O) groups is 2.